The molecule has 1 fully saturated rings. The lowest BCUT2D eigenvalue weighted by atomic mass is 9.85. The van der Waals surface area contributed by atoms with Crippen LogP contribution in [0.1, 0.15) is 56.1 Å². The van der Waals surface area contributed by atoms with Gasteiger partial charge in [0.25, 0.3) is 0 Å². The minimum atomic E-state index is 0. The molecule has 0 spiro atoms. The van der Waals surface area contributed by atoms with Crippen molar-refractivity contribution in [2.75, 3.05) is 5.73 Å². The van der Waals surface area contributed by atoms with E-state index in [0.29, 0.717) is 0 Å². The predicted molar refractivity (Wildman–Crippen MR) is 81.0 cm³/mol. The highest BCUT2D eigenvalue weighted by Gasteiger charge is 2.14. The summed E-state index contributed by atoms with van der Waals surface area (Å²) in [6.45, 7) is 2.07. The minimum absolute atomic E-state index is 0. The summed E-state index contributed by atoms with van der Waals surface area (Å²) in [4.78, 5) is 0. The van der Waals surface area contributed by atoms with Gasteiger partial charge >= 0.3 is 0 Å². The van der Waals surface area contributed by atoms with E-state index < -0.39 is 0 Å². The molecule has 1 aliphatic rings. The quantitative estimate of drug-likeness (QED) is 0.699. The number of benzene rings is 1. The van der Waals surface area contributed by atoms with Crippen molar-refractivity contribution in [1.82, 2.24) is 0 Å². The Balaban J connectivity index is 0.00000144. The van der Waals surface area contributed by atoms with Crippen LogP contribution in [0.5, 0.6) is 0 Å². The minimum Gasteiger partial charge on any atom is -0.399 e. The fourth-order valence-electron chi connectivity index (χ4n) is 2.48. The van der Waals surface area contributed by atoms with Crippen molar-refractivity contribution in [3.05, 3.63) is 50.1 Å². The summed E-state index contributed by atoms with van der Waals surface area (Å²) in [5.74, 6) is 1.62. The first-order valence-corrected chi connectivity index (χ1v) is 6.48. The summed E-state index contributed by atoms with van der Waals surface area (Å²) in [5.41, 5.74) is 9.49. The van der Waals surface area contributed by atoms with Crippen LogP contribution in [-0.2, 0) is 0 Å². The number of anilines is 1. The summed E-state index contributed by atoms with van der Waals surface area (Å²) < 4.78 is 0. The van der Waals surface area contributed by atoms with Gasteiger partial charge in [-0.3, -0.25) is 0 Å². The number of aryl methyl sites for hydroxylation is 1. The molecule has 1 aromatic carbocycles. The van der Waals surface area contributed by atoms with Crippen LogP contribution in [0.2, 0.25) is 0 Å². The maximum atomic E-state index is 5.98. The first-order valence-electron chi connectivity index (χ1n) is 6.48. The zero-order valence-electron chi connectivity index (χ0n) is 11.7. The van der Waals surface area contributed by atoms with Crippen LogP contribution in [-0.4, -0.2) is 0 Å². The number of hydrogen-bond donors (Lipinski definition) is 1. The largest absolute Gasteiger partial charge is 0.399 e. The molecule has 99 valence electrons. The third-order valence-corrected chi connectivity index (χ3v) is 3.64. The summed E-state index contributed by atoms with van der Waals surface area (Å²) in [5, 5.41) is 0. The van der Waals surface area contributed by atoms with E-state index in [1.54, 1.807) is 5.92 Å². The molecule has 0 aliphatic heterocycles. The molecule has 18 heavy (non-hydrogen) atoms. The lowest BCUT2D eigenvalue weighted by Crippen LogP contribution is -2.04. The smallest absolute Gasteiger partial charge is 0.0346 e. The van der Waals surface area contributed by atoms with Crippen molar-refractivity contribution < 1.29 is 0 Å². The van der Waals surface area contributed by atoms with E-state index in [1.165, 1.54) is 56.1 Å². The molecule has 0 heterocycles. The highest BCUT2D eigenvalue weighted by atomic mass is 14.6. The van der Waals surface area contributed by atoms with Gasteiger partial charge in [-0.1, -0.05) is 59.1 Å². The number of nitrogen functional groups attached to an aromatic ring is 1. The predicted octanol–water partition coefficient (Wildman–Crippen LogP) is 4.90. The molecule has 1 aromatic rings. The second kappa shape index (κ2) is 8.18. The topological polar surface area (TPSA) is 26.0 Å². The molecule has 0 amide bonds. The number of rotatable bonds is 1. The van der Waals surface area contributed by atoms with Crippen LogP contribution in [0.3, 0.4) is 0 Å². The maximum Gasteiger partial charge on any atom is 0.0346 e. The van der Waals surface area contributed by atoms with Crippen LogP contribution >= 0.6 is 0 Å². The van der Waals surface area contributed by atoms with Gasteiger partial charge in [0.2, 0.25) is 0 Å². The van der Waals surface area contributed by atoms with E-state index >= 15 is 0 Å². The monoisotopic (exact) mass is 244 g/mol. The van der Waals surface area contributed by atoms with Gasteiger partial charge < -0.3 is 5.73 Å². The summed E-state index contributed by atoms with van der Waals surface area (Å²) in [7, 11) is 0. The lowest BCUT2D eigenvalue weighted by Gasteiger charge is -2.20. The van der Waals surface area contributed by atoms with Crippen LogP contribution in [0.25, 0.3) is 0 Å². The van der Waals surface area contributed by atoms with Gasteiger partial charge in [0.05, 0.1) is 0 Å². The van der Waals surface area contributed by atoms with Gasteiger partial charge in [-0.25, -0.2) is 0 Å². The Morgan fingerprint density at radius 2 is 1.44 bits per heavy atom. The zero-order chi connectivity index (χ0) is 11.4. The summed E-state index contributed by atoms with van der Waals surface area (Å²) in [6.07, 6.45) is 9.44. The average Bonchev–Trinajstić information content (AvgIpc) is 2.22. The molecule has 5 radical (unpaired) electrons. The highest BCUT2D eigenvalue weighted by Crippen LogP contribution is 2.31. The van der Waals surface area contributed by atoms with Gasteiger partial charge in [-0.15, -0.1) is 0 Å². The van der Waals surface area contributed by atoms with Crippen LogP contribution in [0.4, 0.5) is 5.69 Å². The van der Waals surface area contributed by atoms with Gasteiger partial charge in [0, 0.05) is 11.6 Å². The van der Waals surface area contributed by atoms with E-state index in [1.807, 2.05) is 0 Å². The Kier molecular flexibility index (Phi) is 7.73. The van der Waals surface area contributed by atoms with E-state index in [9.17, 15) is 0 Å². The normalized spacial score (nSPS) is 16.9. The molecular weight excluding hydrogens is 218 g/mol. The van der Waals surface area contributed by atoms with E-state index in [2.05, 4.69) is 25.1 Å². The van der Waals surface area contributed by atoms with E-state index in [4.69, 9.17) is 5.73 Å². The Hall–Kier alpha value is -0.980. The molecule has 2 N–H and O–H groups in total. The summed E-state index contributed by atoms with van der Waals surface area (Å²) in [6, 6.07) is 6.55. The highest BCUT2D eigenvalue weighted by molar-refractivity contribution is 5.51. The second-order valence-electron chi connectivity index (χ2n) is 4.94. The molecule has 0 bridgehead atoms. The van der Waals surface area contributed by atoms with Crippen molar-refractivity contribution in [2.24, 2.45) is 0 Å². The molecule has 0 saturated heterocycles. The molecule has 1 nitrogen and oxygen atoms in total. The van der Waals surface area contributed by atoms with Crippen LogP contribution < -0.4 is 5.73 Å². The molecule has 2 rings (SSSR count). The van der Waals surface area contributed by atoms with Crippen molar-refractivity contribution in [3.63, 3.8) is 0 Å². The van der Waals surface area contributed by atoms with Gasteiger partial charge in [-0.05, 0) is 37.0 Å². The van der Waals surface area contributed by atoms with Gasteiger partial charge in [0.1, 0.15) is 0 Å². The molecule has 0 unspecified atom stereocenters. The Bertz CT molecular complexity index is 335. The Morgan fingerprint density at radius 1 is 0.889 bits per heavy atom. The average molecular weight is 244 g/mol. The Labute approximate surface area is 114 Å². The summed E-state index contributed by atoms with van der Waals surface area (Å²) >= 11 is 0. The maximum absolute atomic E-state index is 5.98. The fraction of sp³-hybridized carbons (Fsp3) is 0.471. The zero-order valence-corrected chi connectivity index (χ0v) is 11.7. The molecule has 0 aromatic heterocycles. The van der Waals surface area contributed by atoms with Crippen molar-refractivity contribution >= 4 is 5.69 Å². The lowest BCUT2D eigenvalue weighted by molar-refractivity contribution is 0.538. The Morgan fingerprint density at radius 3 is 2.00 bits per heavy atom. The number of nitrogens with two attached hydrogens (primary N) is 1. The van der Waals surface area contributed by atoms with Crippen molar-refractivity contribution in [2.45, 2.75) is 51.9 Å². The van der Waals surface area contributed by atoms with E-state index in [0.717, 1.165) is 5.69 Å². The third-order valence-electron chi connectivity index (χ3n) is 3.64. The van der Waals surface area contributed by atoms with Crippen LogP contribution in [0, 0.1) is 27.7 Å². The first kappa shape index (κ1) is 17.0. The van der Waals surface area contributed by atoms with Gasteiger partial charge in [0.15, 0.2) is 0 Å². The second-order valence-corrected chi connectivity index (χ2v) is 4.94. The number of hydrogen-bond acceptors (Lipinski definition) is 1. The van der Waals surface area contributed by atoms with Crippen molar-refractivity contribution in [3.8, 4) is 0 Å². The van der Waals surface area contributed by atoms with E-state index in [-0.39, 0.29) is 14.9 Å². The van der Waals surface area contributed by atoms with Crippen LogP contribution in [0.15, 0.2) is 18.2 Å². The standard InChI is InChI=1S/C15H22N.2CH2/c1-12-9-10-14(11-15(12)16)13-7-5-3-2-4-6-8-13;;/h9-11H,2-8,16H2,1H3;2*1H2. The molecule has 1 aliphatic carbocycles. The van der Waals surface area contributed by atoms with Gasteiger partial charge in [-0.2, -0.15) is 0 Å². The van der Waals surface area contributed by atoms with Crippen molar-refractivity contribution in [1.29, 1.82) is 0 Å². The molecule has 0 atom stereocenters. The fourth-order valence-corrected chi connectivity index (χ4v) is 2.48. The molecule has 1 heteroatoms. The first-order chi connectivity index (χ1) is 7.77. The molecule has 1 saturated carbocycles. The molecular formula is C17H26N. The third kappa shape index (κ3) is 4.36. The SMILES string of the molecule is Cc1ccc([C]2CCCCCCC2)cc1N.[CH2].[CH2].